The van der Waals surface area contributed by atoms with Crippen molar-refractivity contribution < 1.29 is 4.57 Å². The Morgan fingerprint density at radius 3 is 1.76 bits per heavy atom. The lowest BCUT2D eigenvalue weighted by atomic mass is 9.99. The standard InChI is InChI=1S/C24H44N/c1-4-7-10-11-12-13-16-20-25-21-19-23(17-14-8-5-2)24(22-25)18-15-9-6-3/h19,21-22H,4-18,20H2,1-3H3/q+1. The maximum atomic E-state index is 2.47. The Morgan fingerprint density at radius 1 is 0.600 bits per heavy atom. The Kier molecular flexibility index (Phi) is 13.7. The largest absolute Gasteiger partial charge is 0.205 e. The number of rotatable bonds is 16. The summed E-state index contributed by atoms with van der Waals surface area (Å²) >= 11 is 0. The van der Waals surface area contributed by atoms with Crippen molar-refractivity contribution in [2.24, 2.45) is 0 Å². The van der Waals surface area contributed by atoms with Gasteiger partial charge in [0.1, 0.15) is 6.54 Å². The van der Waals surface area contributed by atoms with Crippen LogP contribution < -0.4 is 4.57 Å². The molecule has 1 rings (SSSR count). The lowest BCUT2D eigenvalue weighted by Gasteiger charge is -2.09. The maximum absolute atomic E-state index is 2.47. The van der Waals surface area contributed by atoms with Gasteiger partial charge in [0.05, 0.1) is 0 Å². The van der Waals surface area contributed by atoms with E-state index in [4.69, 9.17) is 0 Å². The first-order valence-corrected chi connectivity index (χ1v) is 11.3. The Balaban J connectivity index is 2.45. The van der Waals surface area contributed by atoms with Crippen molar-refractivity contribution in [1.82, 2.24) is 0 Å². The van der Waals surface area contributed by atoms with E-state index in [2.05, 4.69) is 43.8 Å². The fourth-order valence-electron chi connectivity index (χ4n) is 3.61. The molecule has 0 radical (unpaired) electrons. The molecule has 0 saturated heterocycles. The molecule has 1 nitrogen and oxygen atoms in total. The van der Waals surface area contributed by atoms with Crippen molar-refractivity contribution >= 4 is 0 Å². The highest BCUT2D eigenvalue weighted by Crippen LogP contribution is 2.15. The lowest BCUT2D eigenvalue weighted by molar-refractivity contribution is -0.697. The number of unbranched alkanes of at least 4 members (excludes halogenated alkanes) is 10. The first kappa shape index (κ1) is 22.2. The molecule has 0 spiro atoms. The molecule has 0 aliphatic carbocycles. The quantitative estimate of drug-likeness (QED) is 0.220. The van der Waals surface area contributed by atoms with Gasteiger partial charge in [-0.25, -0.2) is 4.57 Å². The summed E-state index contributed by atoms with van der Waals surface area (Å²) in [5, 5.41) is 0. The highest BCUT2D eigenvalue weighted by molar-refractivity contribution is 5.21. The first-order chi connectivity index (χ1) is 12.3. The van der Waals surface area contributed by atoms with E-state index in [0.717, 1.165) is 0 Å². The van der Waals surface area contributed by atoms with Crippen LogP contribution in [0, 0.1) is 0 Å². The average molecular weight is 347 g/mol. The second-order valence-corrected chi connectivity index (χ2v) is 7.77. The van der Waals surface area contributed by atoms with E-state index in [1.807, 2.05) is 0 Å². The SMILES string of the molecule is CCCCCCCCC[n+]1ccc(CCCCC)c(CCCCC)c1. The van der Waals surface area contributed by atoms with E-state index in [1.54, 1.807) is 11.1 Å². The zero-order chi connectivity index (χ0) is 18.2. The van der Waals surface area contributed by atoms with Crippen molar-refractivity contribution in [1.29, 1.82) is 0 Å². The minimum absolute atomic E-state index is 1.20. The van der Waals surface area contributed by atoms with Crippen LogP contribution in [0.25, 0.3) is 0 Å². The second-order valence-electron chi connectivity index (χ2n) is 7.77. The Morgan fingerprint density at radius 2 is 1.12 bits per heavy atom. The highest BCUT2D eigenvalue weighted by Gasteiger charge is 2.09. The van der Waals surface area contributed by atoms with Gasteiger partial charge in [-0.05, 0) is 37.7 Å². The molecule has 25 heavy (non-hydrogen) atoms. The third-order valence-electron chi connectivity index (χ3n) is 5.32. The molecule has 0 aromatic carbocycles. The topological polar surface area (TPSA) is 3.88 Å². The molecule has 0 bridgehead atoms. The van der Waals surface area contributed by atoms with Gasteiger partial charge < -0.3 is 0 Å². The molecule has 0 N–H and O–H groups in total. The van der Waals surface area contributed by atoms with Crippen molar-refractivity contribution in [3.05, 3.63) is 29.6 Å². The molecule has 1 aromatic rings. The molecular weight excluding hydrogens is 302 g/mol. The molecule has 144 valence electrons. The number of nitrogens with zero attached hydrogens (tertiary/aromatic N) is 1. The van der Waals surface area contributed by atoms with Gasteiger partial charge >= 0.3 is 0 Å². The van der Waals surface area contributed by atoms with Gasteiger partial charge in [0.2, 0.25) is 0 Å². The number of aryl methyl sites for hydroxylation is 3. The molecule has 0 aliphatic heterocycles. The lowest BCUT2D eigenvalue weighted by Crippen LogP contribution is -2.33. The van der Waals surface area contributed by atoms with Gasteiger partial charge in [0.25, 0.3) is 0 Å². The van der Waals surface area contributed by atoms with Crippen LogP contribution in [0.2, 0.25) is 0 Å². The fraction of sp³-hybridized carbons (Fsp3) is 0.792. The van der Waals surface area contributed by atoms with Crippen molar-refractivity contribution in [2.75, 3.05) is 0 Å². The highest BCUT2D eigenvalue weighted by atomic mass is 14.9. The van der Waals surface area contributed by atoms with Gasteiger partial charge in [-0.2, -0.15) is 0 Å². The third-order valence-corrected chi connectivity index (χ3v) is 5.32. The summed E-state index contributed by atoms with van der Waals surface area (Å²) in [7, 11) is 0. The molecular formula is C24H44N+. The van der Waals surface area contributed by atoms with E-state index in [9.17, 15) is 0 Å². The number of pyridine rings is 1. The van der Waals surface area contributed by atoms with Crippen molar-refractivity contribution in [2.45, 2.75) is 124 Å². The van der Waals surface area contributed by atoms with Crippen LogP contribution in [0.3, 0.4) is 0 Å². The fourth-order valence-corrected chi connectivity index (χ4v) is 3.61. The van der Waals surface area contributed by atoms with E-state index in [1.165, 1.54) is 103 Å². The minimum Gasteiger partial charge on any atom is -0.205 e. The summed E-state index contributed by atoms with van der Waals surface area (Å²) in [6, 6.07) is 2.41. The smallest absolute Gasteiger partial charge is 0.172 e. The normalized spacial score (nSPS) is 11.2. The Hall–Kier alpha value is -0.850. The van der Waals surface area contributed by atoms with E-state index >= 15 is 0 Å². The van der Waals surface area contributed by atoms with Gasteiger partial charge in [-0.3, -0.25) is 0 Å². The average Bonchev–Trinajstić information content (AvgIpc) is 2.63. The number of aromatic nitrogens is 1. The van der Waals surface area contributed by atoms with E-state index in [0.29, 0.717) is 0 Å². The predicted molar refractivity (Wildman–Crippen MR) is 111 cm³/mol. The first-order valence-electron chi connectivity index (χ1n) is 11.3. The summed E-state index contributed by atoms with van der Waals surface area (Å²) in [6.45, 7) is 8.08. The zero-order valence-corrected chi connectivity index (χ0v) is 17.5. The third kappa shape index (κ3) is 10.7. The zero-order valence-electron chi connectivity index (χ0n) is 17.5. The van der Waals surface area contributed by atoms with Crippen LogP contribution in [-0.2, 0) is 19.4 Å². The predicted octanol–water partition coefficient (Wildman–Crippen LogP) is 7.19. The molecule has 0 aliphatic rings. The molecule has 1 aromatic heterocycles. The molecule has 1 heteroatoms. The molecule has 0 atom stereocenters. The van der Waals surface area contributed by atoms with Gasteiger partial charge in [0.15, 0.2) is 12.4 Å². The van der Waals surface area contributed by atoms with Crippen LogP contribution in [0.15, 0.2) is 18.5 Å². The summed E-state index contributed by atoms with van der Waals surface area (Å²) in [6.07, 6.45) is 25.1. The number of hydrogen-bond acceptors (Lipinski definition) is 0. The molecule has 0 saturated carbocycles. The Bertz CT molecular complexity index is 424. The summed E-state index contributed by atoms with van der Waals surface area (Å²) in [5.41, 5.74) is 3.23. The van der Waals surface area contributed by atoms with Crippen LogP contribution >= 0.6 is 0 Å². The van der Waals surface area contributed by atoms with Crippen molar-refractivity contribution in [3.8, 4) is 0 Å². The second kappa shape index (κ2) is 15.4. The summed E-state index contributed by atoms with van der Waals surface area (Å²) in [4.78, 5) is 0. The maximum Gasteiger partial charge on any atom is 0.172 e. The van der Waals surface area contributed by atoms with Gasteiger partial charge in [-0.15, -0.1) is 0 Å². The Labute approximate surface area is 158 Å². The van der Waals surface area contributed by atoms with Crippen LogP contribution in [0.5, 0.6) is 0 Å². The monoisotopic (exact) mass is 346 g/mol. The molecule has 1 heterocycles. The molecule has 0 amide bonds. The van der Waals surface area contributed by atoms with Gasteiger partial charge in [-0.1, -0.05) is 78.6 Å². The van der Waals surface area contributed by atoms with Crippen molar-refractivity contribution in [3.63, 3.8) is 0 Å². The molecule has 0 unspecified atom stereocenters. The summed E-state index contributed by atoms with van der Waals surface area (Å²) < 4.78 is 2.46. The van der Waals surface area contributed by atoms with E-state index < -0.39 is 0 Å². The number of hydrogen-bond donors (Lipinski definition) is 0. The summed E-state index contributed by atoms with van der Waals surface area (Å²) in [5.74, 6) is 0. The van der Waals surface area contributed by atoms with Crippen LogP contribution in [0.1, 0.15) is 115 Å². The van der Waals surface area contributed by atoms with Gasteiger partial charge in [0, 0.05) is 18.1 Å². The molecule has 0 fully saturated rings. The van der Waals surface area contributed by atoms with E-state index in [-0.39, 0.29) is 0 Å². The minimum atomic E-state index is 1.20. The van der Waals surface area contributed by atoms with Crippen LogP contribution in [0.4, 0.5) is 0 Å². The van der Waals surface area contributed by atoms with Crippen LogP contribution in [-0.4, -0.2) is 0 Å².